The number of nitrogens with one attached hydrogen (secondary N) is 2. The molecule has 206 valence electrons. The monoisotopic (exact) mass is 616 g/mol. The van der Waals surface area contributed by atoms with Crippen LogP contribution in [0.3, 0.4) is 0 Å². The van der Waals surface area contributed by atoms with E-state index in [0.717, 1.165) is 21.6 Å². The van der Waals surface area contributed by atoms with Crippen LogP contribution < -0.4 is 20.9 Å². The summed E-state index contributed by atoms with van der Waals surface area (Å²) in [5, 5.41) is 16.3. The summed E-state index contributed by atoms with van der Waals surface area (Å²) in [5.41, 5.74) is 1.19. The fraction of sp³-hybridized carbons (Fsp3) is 0. The number of anilines is 2. The minimum atomic E-state index is -3.87. The third-order valence-corrected chi connectivity index (χ3v) is 9.22. The molecule has 12 nitrogen and oxygen atoms in total. The van der Waals surface area contributed by atoms with Gasteiger partial charge in [0.15, 0.2) is 0 Å². The van der Waals surface area contributed by atoms with Crippen molar-refractivity contribution < 1.29 is 26.4 Å². The topological polar surface area (TPSA) is 204 Å². The highest BCUT2D eigenvalue weighted by atomic mass is 33.1. The molecule has 2 amide bonds. The number of primary sulfonamides is 2. The lowest BCUT2D eigenvalue weighted by molar-refractivity contribution is 0.101. The van der Waals surface area contributed by atoms with Crippen molar-refractivity contribution in [1.82, 2.24) is 9.97 Å². The molecule has 4 rings (SSSR count). The molecule has 0 aliphatic rings. The van der Waals surface area contributed by atoms with Crippen molar-refractivity contribution in [3.63, 3.8) is 0 Å². The van der Waals surface area contributed by atoms with E-state index in [1.54, 1.807) is 24.3 Å². The van der Waals surface area contributed by atoms with Gasteiger partial charge in [-0.2, -0.15) is 0 Å². The molecule has 0 saturated heterocycles. The van der Waals surface area contributed by atoms with Gasteiger partial charge >= 0.3 is 0 Å². The SMILES string of the molecule is NS(=O)(=O)c1ccc(NC(=O)c2cccnc2SSc2ncccc2C(=O)Nc2ccc(S(N)(=O)=O)cc2)cc1. The summed E-state index contributed by atoms with van der Waals surface area (Å²) < 4.78 is 45.8. The Balaban J connectivity index is 1.47. The largest absolute Gasteiger partial charge is 0.322 e. The molecule has 0 aliphatic heterocycles. The van der Waals surface area contributed by atoms with Crippen molar-refractivity contribution in [2.24, 2.45) is 10.3 Å². The lowest BCUT2D eigenvalue weighted by Crippen LogP contribution is -2.15. The maximum absolute atomic E-state index is 13.0. The molecule has 0 unspecified atom stereocenters. The highest BCUT2D eigenvalue weighted by Gasteiger charge is 2.18. The third-order valence-electron chi connectivity index (χ3n) is 5.11. The van der Waals surface area contributed by atoms with Crippen molar-refractivity contribution in [1.29, 1.82) is 0 Å². The normalized spacial score (nSPS) is 11.6. The summed E-state index contributed by atoms with van der Waals surface area (Å²) in [7, 11) is -5.50. The Morgan fingerprint density at radius 1 is 0.600 bits per heavy atom. The highest BCUT2D eigenvalue weighted by molar-refractivity contribution is 8.76. The number of rotatable bonds is 9. The maximum Gasteiger partial charge on any atom is 0.258 e. The van der Waals surface area contributed by atoms with Crippen LogP contribution in [0.2, 0.25) is 0 Å². The molecule has 2 heterocycles. The number of carbonyl (C=O) groups excluding carboxylic acids is 2. The second-order valence-corrected chi connectivity index (χ2v) is 13.2. The first kappa shape index (κ1) is 29.2. The Morgan fingerprint density at radius 3 is 1.27 bits per heavy atom. The van der Waals surface area contributed by atoms with Crippen LogP contribution in [0.1, 0.15) is 20.7 Å². The zero-order valence-corrected chi connectivity index (χ0v) is 23.5. The Morgan fingerprint density at radius 2 is 0.950 bits per heavy atom. The van der Waals surface area contributed by atoms with Gasteiger partial charge in [-0.25, -0.2) is 37.1 Å². The molecular formula is C24H20N6O6S4. The van der Waals surface area contributed by atoms with E-state index >= 15 is 0 Å². The van der Waals surface area contributed by atoms with E-state index in [0.29, 0.717) is 21.4 Å². The highest BCUT2D eigenvalue weighted by Crippen LogP contribution is 2.38. The molecule has 2 aromatic heterocycles. The summed E-state index contributed by atoms with van der Waals surface area (Å²) in [6.07, 6.45) is 3.02. The summed E-state index contributed by atoms with van der Waals surface area (Å²) in [5.74, 6) is -0.969. The first-order valence-corrected chi connectivity index (χ1v) is 16.3. The van der Waals surface area contributed by atoms with Gasteiger partial charge < -0.3 is 10.6 Å². The first-order valence-electron chi connectivity index (χ1n) is 11.0. The van der Waals surface area contributed by atoms with Crippen molar-refractivity contribution in [3.8, 4) is 0 Å². The average Bonchev–Trinajstić information content (AvgIpc) is 2.92. The number of aromatic nitrogens is 2. The van der Waals surface area contributed by atoms with Gasteiger partial charge in [-0.15, -0.1) is 0 Å². The maximum atomic E-state index is 13.0. The van der Waals surface area contributed by atoms with Crippen LogP contribution in [0.25, 0.3) is 0 Å². The molecule has 6 N–H and O–H groups in total. The zero-order valence-electron chi connectivity index (χ0n) is 20.2. The summed E-state index contributed by atoms with van der Waals surface area (Å²) in [6.45, 7) is 0. The van der Waals surface area contributed by atoms with E-state index in [-0.39, 0.29) is 20.9 Å². The van der Waals surface area contributed by atoms with Gasteiger partial charge in [0.05, 0.1) is 20.9 Å². The Hall–Kier alpha value is -3.80. The van der Waals surface area contributed by atoms with Crippen LogP contribution in [0.4, 0.5) is 11.4 Å². The smallest absolute Gasteiger partial charge is 0.258 e. The fourth-order valence-electron chi connectivity index (χ4n) is 3.19. The molecule has 0 spiro atoms. The summed E-state index contributed by atoms with van der Waals surface area (Å²) in [6, 6.07) is 17.1. The quantitative estimate of drug-likeness (QED) is 0.202. The van der Waals surface area contributed by atoms with E-state index < -0.39 is 31.9 Å². The van der Waals surface area contributed by atoms with Crippen molar-refractivity contribution in [2.45, 2.75) is 19.8 Å². The second-order valence-electron chi connectivity index (χ2n) is 7.93. The Bertz CT molecular complexity index is 1650. The average molecular weight is 617 g/mol. The number of benzene rings is 2. The van der Waals surface area contributed by atoms with E-state index in [2.05, 4.69) is 20.6 Å². The van der Waals surface area contributed by atoms with Crippen molar-refractivity contribution >= 4 is 64.8 Å². The van der Waals surface area contributed by atoms with Gasteiger partial charge in [-0.1, -0.05) is 0 Å². The number of pyridine rings is 2. The van der Waals surface area contributed by atoms with Gasteiger partial charge in [0.2, 0.25) is 20.0 Å². The molecule has 0 saturated carbocycles. The van der Waals surface area contributed by atoms with E-state index in [4.69, 9.17) is 10.3 Å². The van der Waals surface area contributed by atoms with Crippen molar-refractivity contribution in [2.75, 3.05) is 10.6 Å². The number of amides is 2. The van der Waals surface area contributed by atoms with E-state index in [1.165, 1.54) is 60.9 Å². The first-order chi connectivity index (χ1) is 18.9. The van der Waals surface area contributed by atoms with Crippen LogP contribution in [-0.4, -0.2) is 38.6 Å². The molecule has 0 aliphatic carbocycles. The molecule has 0 radical (unpaired) electrons. The second kappa shape index (κ2) is 12.2. The lowest BCUT2D eigenvalue weighted by Gasteiger charge is -2.11. The number of carbonyl (C=O) groups is 2. The molecule has 16 heteroatoms. The molecule has 0 atom stereocenters. The van der Waals surface area contributed by atoms with Crippen LogP contribution in [-0.2, 0) is 20.0 Å². The summed E-state index contributed by atoms with van der Waals surface area (Å²) >= 11 is 0. The molecule has 2 aromatic carbocycles. The summed E-state index contributed by atoms with van der Waals surface area (Å²) in [4.78, 5) is 34.3. The van der Waals surface area contributed by atoms with Gasteiger partial charge in [-0.3, -0.25) is 9.59 Å². The van der Waals surface area contributed by atoms with E-state index in [9.17, 15) is 26.4 Å². The van der Waals surface area contributed by atoms with Crippen LogP contribution in [0, 0.1) is 0 Å². The molecule has 40 heavy (non-hydrogen) atoms. The Labute approximate surface area is 237 Å². The number of hydrogen-bond donors (Lipinski definition) is 4. The minimum absolute atomic E-state index is 0.0877. The van der Waals surface area contributed by atoms with Gasteiger partial charge in [0, 0.05) is 23.8 Å². The number of hydrogen-bond acceptors (Lipinski definition) is 10. The van der Waals surface area contributed by atoms with Gasteiger partial charge in [0.1, 0.15) is 10.1 Å². The fourth-order valence-corrected chi connectivity index (χ4v) is 6.36. The van der Waals surface area contributed by atoms with Crippen LogP contribution in [0.15, 0.2) is 105 Å². The number of nitrogens with zero attached hydrogens (tertiary/aromatic N) is 2. The van der Waals surface area contributed by atoms with Gasteiger partial charge in [0.25, 0.3) is 11.8 Å². The number of nitrogens with two attached hydrogens (primary N) is 2. The predicted octanol–water partition coefficient (Wildman–Crippen LogP) is 3.08. The predicted molar refractivity (Wildman–Crippen MR) is 152 cm³/mol. The zero-order chi connectivity index (χ0) is 28.9. The lowest BCUT2D eigenvalue weighted by atomic mass is 10.2. The molecule has 0 fully saturated rings. The standard InChI is InChI=1S/C24H20N6O6S4/c25-39(33,34)17-9-5-15(6-10-17)29-21(31)19-3-1-13-27-23(19)37-38-24-20(4-2-14-28-24)22(32)30-16-7-11-18(12-8-16)40(26,35)36/h1-14H,(H,29,31)(H,30,32)(H2,25,33,34)(H2,26,35,36). The molecule has 0 bridgehead atoms. The Kier molecular flexibility index (Phi) is 8.87. The number of sulfonamides is 2. The van der Waals surface area contributed by atoms with Crippen LogP contribution >= 0.6 is 21.6 Å². The molecular weight excluding hydrogens is 597 g/mol. The van der Waals surface area contributed by atoms with Gasteiger partial charge in [-0.05, 0) is 94.4 Å². The van der Waals surface area contributed by atoms with E-state index in [1.807, 2.05) is 0 Å². The van der Waals surface area contributed by atoms with Crippen LogP contribution in [0.5, 0.6) is 0 Å². The van der Waals surface area contributed by atoms with Crippen molar-refractivity contribution in [3.05, 3.63) is 96.3 Å². The third kappa shape index (κ3) is 7.44. The molecule has 4 aromatic rings. The minimum Gasteiger partial charge on any atom is -0.322 e.